The predicted molar refractivity (Wildman–Crippen MR) is 34.1 cm³/mol. The van der Waals surface area contributed by atoms with E-state index in [0.717, 1.165) is 10.6 Å². The van der Waals surface area contributed by atoms with Gasteiger partial charge in [-0.2, -0.15) is 0 Å². The zero-order valence-corrected chi connectivity index (χ0v) is 5.40. The summed E-state index contributed by atoms with van der Waals surface area (Å²) in [5.41, 5.74) is 0. The second kappa shape index (κ2) is 1.57. The molecule has 1 aromatic heterocycles. The molecule has 0 saturated carbocycles. The summed E-state index contributed by atoms with van der Waals surface area (Å²) in [5, 5.41) is 1.86. The van der Waals surface area contributed by atoms with Gasteiger partial charge < -0.3 is 4.74 Å². The molecule has 0 N–H and O–H groups in total. The van der Waals surface area contributed by atoms with Crippen molar-refractivity contribution in [2.45, 2.75) is 0 Å². The summed E-state index contributed by atoms with van der Waals surface area (Å²) < 4.78 is 5.01. The van der Waals surface area contributed by atoms with Gasteiger partial charge in [0.15, 0.2) is 6.61 Å². The molecule has 0 spiro atoms. The summed E-state index contributed by atoms with van der Waals surface area (Å²) in [7, 11) is 0. The van der Waals surface area contributed by atoms with Gasteiger partial charge >= 0.3 is 0 Å². The molecule has 0 atom stereocenters. The van der Waals surface area contributed by atoms with Crippen molar-refractivity contribution in [2.75, 3.05) is 6.61 Å². The zero-order chi connectivity index (χ0) is 6.27. The number of carbonyl (C=O) groups excluding carboxylic acids is 1. The molecular formula is C6H4O2S. The van der Waals surface area contributed by atoms with E-state index in [0.29, 0.717) is 0 Å². The summed E-state index contributed by atoms with van der Waals surface area (Å²) in [6, 6.07) is 1.82. The number of thiophene rings is 1. The van der Waals surface area contributed by atoms with E-state index in [1.165, 1.54) is 11.3 Å². The number of fused-ring (bicyclic) bond motifs is 1. The molecule has 2 nitrogen and oxygen atoms in total. The topological polar surface area (TPSA) is 26.3 Å². The van der Waals surface area contributed by atoms with E-state index in [1.54, 1.807) is 0 Å². The van der Waals surface area contributed by atoms with E-state index in [4.69, 9.17) is 4.74 Å². The van der Waals surface area contributed by atoms with E-state index in [1.807, 2.05) is 11.4 Å². The molecule has 1 aliphatic heterocycles. The fourth-order valence-corrected chi connectivity index (χ4v) is 1.58. The van der Waals surface area contributed by atoms with Crippen LogP contribution in [0, 0.1) is 0 Å². The van der Waals surface area contributed by atoms with E-state index in [9.17, 15) is 4.79 Å². The van der Waals surface area contributed by atoms with Crippen LogP contribution in [0.25, 0.3) is 0 Å². The van der Waals surface area contributed by atoms with E-state index in [2.05, 4.69) is 0 Å². The van der Waals surface area contributed by atoms with Crippen LogP contribution < -0.4 is 4.74 Å². The van der Waals surface area contributed by atoms with Gasteiger partial charge in [-0.15, -0.1) is 11.3 Å². The standard InChI is InChI=1S/C6H4O2S/c7-4-3-8-5-1-2-9-6(4)5/h1-2H,3H2. The first kappa shape index (κ1) is 4.99. The van der Waals surface area contributed by atoms with Crippen LogP contribution in [-0.2, 0) is 0 Å². The van der Waals surface area contributed by atoms with Gasteiger partial charge in [-0.1, -0.05) is 0 Å². The Kier molecular flexibility index (Phi) is 0.873. The largest absolute Gasteiger partial charge is 0.484 e. The Bertz CT molecular complexity index is 251. The molecule has 46 valence electrons. The van der Waals surface area contributed by atoms with Crippen LogP contribution in [0.4, 0.5) is 0 Å². The third-order valence-electron chi connectivity index (χ3n) is 1.24. The van der Waals surface area contributed by atoms with Gasteiger partial charge in [-0.3, -0.25) is 4.79 Å². The van der Waals surface area contributed by atoms with Gasteiger partial charge in [0.05, 0.1) is 0 Å². The van der Waals surface area contributed by atoms with Gasteiger partial charge in [0.1, 0.15) is 10.6 Å². The number of rotatable bonds is 0. The first-order valence-electron chi connectivity index (χ1n) is 2.61. The summed E-state index contributed by atoms with van der Waals surface area (Å²) in [5.74, 6) is 0.866. The van der Waals surface area contributed by atoms with Crippen molar-refractivity contribution in [1.29, 1.82) is 0 Å². The van der Waals surface area contributed by atoms with Crippen LogP contribution in [0.5, 0.6) is 5.75 Å². The van der Waals surface area contributed by atoms with Gasteiger partial charge in [0, 0.05) is 0 Å². The smallest absolute Gasteiger partial charge is 0.213 e. The molecule has 0 fully saturated rings. The Morgan fingerprint density at radius 1 is 1.67 bits per heavy atom. The number of ketones is 1. The zero-order valence-electron chi connectivity index (χ0n) is 4.59. The quantitative estimate of drug-likeness (QED) is 0.543. The Morgan fingerprint density at radius 3 is 3.33 bits per heavy atom. The molecule has 0 radical (unpaired) electrons. The Balaban J connectivity index is 2.61. The highest BCUT2D eigenvalue weighted by Gasteiger charge is 2.21. The lowest BCUT2D eigenvalue weighted by molar-refractivity contribution is 0.0963. The minimum atomic E-state index is 0.111. The maximum atomic E-state index is 10.8. The third-order valence-corrected chi connectivity index (χ3v) is 2.18. The molecule has 2 heterocycles. The lowest BCUT2D eigenvalue weighted by atomic mass is 10.4. The first-order chi connectivity index (χ1) is 4.38. The number of ether oxygens (including phenoxy) is 1. The fourth-order valence-electron chi connectivity index (χ4n) is 0.823. The molecule has 9 heavy (non-hydrogen) atoms. The van der Waals surface area contributed by atoms with E-state index in [-0.39, 0.29) is 12.4 Å². The SMILES string of the molecule is O=C1COc2ccsc21. The number of hydrogen-bond acceptors (Lipinski definition) is 3. The van der Waals surface area contributed by atoms with Crippen molar-refractivity contribution < 1.29 is 9.53 Å². The van der Waals surface area contributed by atoms with Gasteiger partial charge in [-0.05, 0) is 11.4 Å². The van der Waals surface area contributed by atoms with Gasteiger partial charge in [0.25, 0.3) is 0 Å². The van der Waals surface area contributed by atoms with Crippen LogP contribution in [0.3, 0.4) is 0 Å². The van der Waals surface area contributed by atoms with Crippen molar-refractivity contribution in [3.8, 4) is 5.75 Å². The Labute approximate surface area is 56.1 Å². The monoisotopic (exact) mass is 140 g/mol. The van der Waals surface area contributed by atoms with Crippen LogP contribution in [0.1, 0.15) is 9.67 Å². The van der Waals surface area contributed by atoms with Crippen molar-refractivity contribution in [3.63, 3.8) is 0 Å². The number of carbonyl (C=O) groups is 1. The molecule has 1 aliphatic rings. The normalized spacial score (nSPS) is 15.3. The molecule has 0 unspecified atom stereocenters. The summed E-state index contributed by atoms with van der Waals surface area (Å²) >= 11 is 1.45. The van der Waals surface area contributed by atoms with E-state index < -0.39 is 0 Å². The van der Waals surface area contributed by atoms with Crippen LogP contribution in [0.2, 0.25) is 0 Å². The molecule has 0 aromatic carbocycles. The van der Waals surface area contributed by atoms with Crippen molar-refractivity contribution >= 4 is 17.1 Å². The highest BCUT2D eigenvalue weighted by molar-refractivity contribution is 7.12. The predicted octanol–water partition coefficient (Wildman–Crippen LogP) is 1.32. The number of Topliss-reactive ketones (excluding diaryl/α,β-unsaturated/α-hetero) is 1. The summed E-state index contributed by atoms with van der Waals surface area (Å²) in [6.07, 6.45) is 0. The first-order valence-corrected chi connectivity index (χ1v) is 3.49. The lowest BCUT2D eigenvalue weighted by Gasteiger charge is -1.85. The Hall–Kier alpha value is -0.830. The highest BCUT2D eigenvalue weighted by atomic mass is 32.1. The van der Waals surface area contributed by atoms with Crippen LogP contribution in [0.15, 0.2) is 11.4 Å². The van der Waals surface area contributed by atoms with Gasteiger partial charge in [0.2, 0.25) is 5.78 Å². The average molecular weight is 140 g/mol. The highest BCUT2D eigenvalue weighted by Crippen LogP contribution is 2.29. The molecule has 1 aromatic rings. The molecular weight excluding hydrogens is 136 g/mol. The van der Waals surface area contributed by atoms with Gasteiger partial charge in [-0.25, -0.2) is 0 Å². The number of hydrogen-bond donors (Lipinski definition) is 0. The minimum Gasteiger partial charge on any atom is -0.484 e. The molecule has 0 saturated heterocycles. The third kappa shape index (κ3) is 0.580. The van der Waals surface area contributed by atoms with Crippen LogP contribution in [-0.4, -0.2) is 12.4 Å². The van der Waals surface area contributed by atoms with Crippen molar-refractivity contribution in [2.24, 2.45) is 0 Å². The second-order valence-electron chi connectivity index (χ2n) is 1.83. The summed E-state index contributed by atoms with van der Waals surface area (Å²) in [4.78, 5) is 11.6. The Morgan fingerprint density at radius 2 is 2.56 bits per heavy atom. The molecule has 0 amide bonds. The summed E-state index contributed by atoms with van der Waals surface area (Å²) in [6.45, 7) is 0.238. The molecule has 0 bridgehead atoms. The lowest BCUT2D eigenvalue weighted by Crippen LogP contribution is -1.98. The molecule has 2 rings (SSSR count). The van der Waals surface area contributed by atoms with Crippen molar-refractivity contribution in [1.82, 2.24) is 0 Å². The molecule has 0 aliphatic carbocycles. The minimum absolute atomic E-state index is 0.111. The van der Waals surface area contributed by atoms with Crippen molar-refractivity contribution in [3.05, 3.63) is 16.3 Å². The maximum Gasteiger partial charge on any atom is 0.213 e. The van der Waals surface area contributed by atoms with Crippen LogP contribution >= 0.6 is 11.3 Å². The fraction of sp³-hybridized carbons (Fsp3) is 0.167. The molecule has 3 heteroatoms. The second-order valence-corrected chi connectivity index (χ2v) is 2.74. The van der Waals surface area contributed by atoms with E-state index >= 15 is 0 Å². The average Bonchev–Trinajstić information content (AvgIpc) is 2.35. The maximum absolute atomic E-state index is 10.8.